The van der Waals surface area contributed by atoms with Gasteiger partial charge in [0.25, 0.3) is 0 Å². The van der Waals surface area contributed by atoms with E-state index in [1.165, 1.54) is 12.5 Å². The standard InChI is InChI=1S/C21H35N7O7/c1-11(2)17(23)20(33)26-13(5-3-4-6-22)18(31)27-14(7-12-9-24-10-25-12)19(32)28-15(21(34)35)8-16(29)30/h9-11,13-15,17H,3-8,22-23H2,1-2H3,(H,24,25)(H,26,33)(H,27,31)(H,28,32)(H,29,30)(H,34,35). The van der Waals surface area contributed by atoms with E-state index < -0.39 is 60.2 Å². The van der Waals surface area contributed by atoms with Crippen molar-refractivity contribution in [2.45, 2.75) is 70.1 Å². The van der Waals surface area contributed by atoms with Gasteiger partial charge < -0.3 is 42.6 Å². The molecule has 0 radical (unpaired) electrons. The maximum absolute atomic E-state index is 13.1. The van der Waals surface area contributed by atoms with Gasteiger partial charge in [0.2, 0.25) is 17.7 Å². The zero-order valence-electron chi connectivity index (χ0n) is 19.8. The number of aliphatic carboxylic acids is 2. The first-order valence-electron chi connectivity index (χ1n) is 11.2. The van der Waals surface area contributed by atoms with Crippen LogP contribution < -0.4 is 27.4 Å². The Morgan fingerprint density at radius 2 is 1.57 bits per heavy atom. The number of aromatic nitrogens is 2. The number of imidazole rings is 1. The quantitative estimate of drug-likeness (QED) is 0.118. The molecule has 0 bridgehead atoms. The molecule has 0 saturated heterocycles. The predicted octanol–water partition coefficient (Wildman–Crippen LogP) is -1.92. The number of carbonyl (C=O) groups excluding carboxylic acids is 3. The minimum atomic E-state index is -1.70. The van der Waals surface area contributed by atoms with Crippen LogP contribution in [0.5, 0.6) is 0 Å². The van der Waals surface area contributed by atoms with E-state index in [1.807, 2.05) is 0 Å². The lowest BCUT2D eigenvalue weighted by Gasteiger charge is -2.25. The van der Waals surface area contributed by atoms with Crippen molar-refractivity contribution in [1.82, 2.24) is 25.9 Å². The number of carbonyl (C=O) groups is 5. The number of hydrogen-bond donors (Lipinski definition) is 8. The molecule has 14 nitrogen and oxygen atoms in total. The lowest BCUT2D eigenvalue weighted by molar-refractivity contribution is -0.147. The number of aromatic amines is 1. The van der Waals surface area contributed by atoms with Gasteiger partial charge in [-0.3, -0.25) is 19.2 Å². The van der Waals surface area contributed by atoms with Gasteiger partial charge in [-0.15, -0.1) is 0 Å². The van der Waals surface area contributed by atoms with E-state index in [2.05, 4.69) is 25.9 Å². The second-order valence-corrected chi connectivity index (χ2v) is 8.45. The number of nitrogens with one attached hydrogen (secondary N) is 4. The van der Waals surface area contributed by atoms with Gasteiger partial charge in [0.05, 0.1) is 18.8 Å². The Morgan fingerprint density at radius 3 is 2.09 bits per heavy atom. The molecular weight excluding hydrogens is 462 g/mol. The third-order valence-electron chi connectivity index (χ3n) is 5.21. The summed E-state index contributed by atoms with van der Waals surface area (Å²) < 4.78 is 0. The second kappa shape index (κ2) is 14.7. The third kappa shape index (κ3) is 10.5. The first kappa shape index (κ1) is 29.5. The molecule has 10 N–H and O–H groups in total. The van der Waals surface area contributed by atoms with Crippen molar-refractivity contribution < 1.29 is 34.2 Å². The average molecular weight is 498 g/mol. The largest absolute Gasteiger partial charge is 0.481 e. The molecule has 4 unspecified atom stereocenters. The van der Waals surface area contributed by atoms with Gasteiger partial charge in [-0.05, 0) is 31.7 Å². The van der Waals surface area contributed by atoms with Crippen LogP contribution in [0.1, 0.15) is 45.2 Å². The van der Waals surface area contributed by atoms with Gasteiger partial charge in [-0.2, -0.15) is 0 Å². The first-order chi connectivity index (χ1) is 16.5. The summed E-state index contributed by atoms with van der Waals surface area (Å²) in [7, 11) is 0. The van der Waals surface area contributed by atoms with Crippen LogP contribution in [-0.2, 0) is 30.4 Å². The monoisotopic (exact) mass is 497 g/mol. The summed E-state index contributed by atoms with van der Waals surface area (Å²) >= 11 is 0. The van der Waals surface area contributed by atoms with E-state index in [9.17, 15) is 29.1 Å². The van der Waals surface area contributed by atoms with Gasteiger partial charge in [0, 0.05) is 18.3 Å². The third-order valence-corrected chi connectivity index (χ3v) is 5.21. The summed E-state index contributed by atoms with van der Waals surface area (Å²) in [6.07, 6.45) is 3.18. The molecule has 4 atom stereocenters. The SMILES string of the molecule is CC(C)C(N)C(=O)NC(CCCCN)C(=O)NC(Cc1cnc[nH]1)C(=O)NC(CC(=O)O)C(=O)O. The van der Waals surface area contributed by atoms with Crippen LogP contribution in [0.4, 0.5) is 0 Å². The fourth-order valence-corrected chi connectivity index (χ4v) is 3.08. The summed E-state index contributed by atoms with van der Waals surface area (Å²) in [5.41, 5.74) is 11.9. The van der Waals surface area contributed by atoms with Gasteiger partial charge in [-0.25, -0.2) is 9.78 Å². The summed E-state index contributed by atoms with van der Waals surface area (Å²) in [4.78, 5) is 67.4. The van der Waals surface area contributed by atoms with Gasteiger partial charge in [0.15, 0.2) is 0 Å². The van der Waals surface area contributed by atoms with Crippen molar-refractivity contribution in [3.05, 3.63) is 18.2 Å². The van der Waals surface area contributed by atoms with Gasteiger partial charge >= 0.3 is 11.9 Å². The Bertz CT molecular complexity index is 860. The van der Waals surface area contributed by atoms with Crippen LogP contribution in [0.3, 0.4) is 0 Å². The smallest absolute Gasteiger partial charge is 0.326 e. The van der Waals surface area contributed by atoms with Crippen LogP contribution in [-0.4, -0.2) is 80.6 Å². The highest BCUT2D eigenvalue weighted by Crippen LogP contribution is 2.07. The Labute approximate surface area is 202 Å². The second-order valence-electron chi connectivity index (χ2n) is 8.45. The van der Waals surface area contributed by atoms with Crippen molar-refractivity contribution in [2.75, 3.05) is 6.54 Å². The minimum absolute atomic E-state index is 0.0913. The van der Waals surface area contributed by atoms with E-state index in [0.29, 0.717) is 25.1 Å². The minimum Gasteiger partial charge on any atom is -0.481 e. The number of amides is 3. The molecule has 1 heterocycles. The zero-order chi connectivity index (χ0) is 26.5. The summed E-state index contributed by atoms with van der Waals surface area (Å²) in [6.45, 7) is 3.90. The van der Waals surface area contributed by atoms with Crippen molar-refractivity contribution >= 4 is 29.7 Å². The number of nitrogens with two attached hydrogens (primary N) is 2. The van der Waals surface area contributed by atoms with Crippen molar-refractivity contribution in [2.24, 2.45) is 17.4 Å². The lowest BCUT2D eigenvalue weighted by atomic mass is 10.0. The number of nitrogens with zero attached hydrogens (tertiary/aromatic N) is 1. The van der Waals surface area contributed by atoms with E-state index >= 15 is 0 Å². The lowest BCUT2D eigenvalue weighted by Crippen LogP contribution is -2.58. The van der Waals surface area contributed by atoms with Crippen LogP contribution in [0.25, 0.3) is 0 Å². The number of unbranched alkanes of at least 4 members (excludes halogenated alkanes) is 1. The molecule has 0 fully saturated rings. The molecule has 35 heavy (non-hydrogen) atoms. The molecule has 0 spiro atoms. The van der Waals surface area contributed by atoms with Crippen LogP contribution in [0.2, 0.25) is 0 Å². The molecule has 14 heteroatoms. The Hall–Kier alpha value is -3.52. The molecule has 0 aliphatic rings. The predicted molar refractivity (Wildman–Crippen MR) is 124 cm³/mol. The number of carboxylic acids is 2. The van der Waals surface area contributed by atoms with E-state index in [4.69, 9.17) is 16.6 Å². The molecule has 0 aliphatic heterocycles. The molecule has 196 valence electrons. The molecule has 3 amide bonds. The number of carboxylic acid groups (broad SMARTS) is 2. The van der Waals surface area contributed by atoms with Crippen molar-refractivity contribution in [3.8, 4) is 0 Å². The summed E-state index contributed by atoms with van der Waals surface area (Å²) in [6, 6.07) is -4.86. The molecule has 0 aliphatic carbocycles. The maximum Gasteiger partial charge on any atom is 0.326 e. The maximum atomic E-state index is 13.1. The van der Waals surface area contributed by atoms with E-state index in [0.717, 1.165) is 0 Å². The van der Waals surface area contributed by atoms with Gasteiger partial charge in [0.1, 0.15) is 18.1 Å². The van der Waals surface area contributed by atoms with Crippen LogP contribution in [0.15, 0.2) is 12.5 Å². The average Bonchev–Trinajstić information content (AvgIpc) is 3.29. The normalized spacial score (nSPS) is 14.4. The fourth-order valence-electron chi connectivity index (χ4n) is 3.08. The zero-order valence-corrected chi connectivity index (χ0v) is 19.8. The Morgan fingerprint density at radius 1 is 0.971 bits per heavy atom. The van der Waals surface area contributed by atoms with Gasteiger partial charge in [-0.1, -0.05) is 13.8 Å². The van der Waals surface area contributed by atoms with Crippen molar-refractivity contribution in [3.63, 3.8) is 0 Å². The molecule has 1 rings (SSSR count). The Balaban J connectivity index is 3.07. The summed E-state index contributed by atoms with van der Waals surface area (Å²) in [5, 5.41) is 25.4. The molecule has 1 aromatic heterocycles. The fraction of sp³-hybridized carbons (Fsp3) is 0.619. The topological polar surface area (TPSA) is 243 Å². The van der Waals surface area contributed by atoms with Crippen LogP contribution in [0, 0.1) is 5.92 Å². The van der Waals surface area contributed by atoms with E-state index in [-0.39, 0.29) is 18.8 Å². The van der Waals surface area contributed by atoms with E-state index in [1.54, 1.807) is 13.8 Å². The van der Waals surface area contributed by atoms with Crippen molar-refractivity contribution in [1.29, 1.82) is 0 Å². The molecule has 0 saturated carbocycles. The number of H-pyrrole nitrogens is 1. The number of hydrogen-bond acceptors (Lipinski definition) is 8. The highest BCUT2D eigenvalue weighted by molar-refractivity contribution is 5.94. The first-order valence-corrected chi connectivity index (χ1v) is 11.2. The highest BCUT2D eigenvalue weighted by Gasteiger charge is 2.31. The van der Waals surface area contributed by atoms with Crippen LogP contribution >= 0.6 is 0 Å². The summed E-state index contributed by atoms with van der Waals surface area (Å²) in [5.74, 6) is -5.26. The Kier molecular flexibility index (Phi) is 12.4. The number of rotatable bonds is 16. The highest BCUT2D eigenvalue weighted by atomic mass is 16.4. The molecule has 1 aromatic rings. The molecular formula is C21H35N7O7. The molecule has 0 aromatic carbocycles.